The van der Waals surface area contributed by atoms with E-state index >= 15 is 0 Å². The molecule has 5 nitrogen and oxygen atoms in total. The highest BCUT2D eigenvalue weighted by Gasteiger charge is 2.21. The summed E-state index contributed by atoms with van der Waals surface area (Å²) in [6, 6.07) is 17.9. The van der Waals surface area contributed by atoms with Gasteiger partial charge in [0.2, 0.25) is 0 Å². The number of hydrogen-bond acceptors (Lipinski definition) is 4. The van der Waals surface area contributed by atoms with Crippen molar-refractivity contribution in [3.05, 3.63) is 82.3 Å². The average Bonchev–Trinajstić information content (AvgIpc) is 2.76. The molecule has 156 valence electrons. The lowest BCUT2D eigenvalue weighted by Gasteiger charge is -2.20. The summed E-state index contributed by atoms with van der Waals surface area (Å²) in [6.45, 7) is 0. The van der Waals surface area contributed by atoms with Crippen molar-refractivity contribution in [2.75, 3.05) is 22.9 Å². The van der Waals surface area contributed by atoms with Crippen LogP contribution in [0.5, 0.6) is 0 Å². The van der Waals surface area contributed by atoms with Crippen LogP contribution in [0, 0.1) is 0 Å². The Kier molecular flexibility index (Phi) is 6.98. The Morgan fingerprint density at radius 2 is 1.60 bits per heavy atom. The third kappa shape index (κ3) is 4.75. The summed E-state index contributed by atoms with van der Waals surface area (Å²) >= 11 is 13.6. The minimum Gasteiger partial charge on any atom is -0.321 e. The van der Waals surface area contributed by atoms with Crippen LogP contribution in [0.3, 0.4) is 0 Å². The lowest BCUT2D eigenvalue weighted by Crippen LogP contribution is -2.26. The molecule has 0 unspecified atom stereocenters. The molecule has 0 atom stereocenters. The maximum Gasteiger partial charge on any atom is 0.264 e. The zero-order chi connectivity index (χ0) is 21.9. The normalized spacial score (nSPS) is 11.2. The number of anilines is 2. The third-order valence-corrected chi connectivity index (χ3v) is 7.77. The van der Waals surface area contributed by atoms with Gasteiger partial charge in [-0.25, -0.2) is 8.42 Å². The highest BCUT2D eigenvalue weighted by Crippen LogP contribution is 2.30. The van der Waals surface area contributed by atoms with Crippen LogP contribution in [0.1, 0.15) is 10.4 Å². The Balaban J connectivity index is 1.78. The summed E-state index contributed by atoms with van der Waals surface area (Å²) in [4.78, 5) is 13.7. The van der Waals surface area contributed by atoms with E-state index in [-0.39, 0.29) is 15.8 Å². The van der Waals surface area contributed by atoms with E-state index < -0.39 is 10.0 Å². The third-order valence-electron chi connectivity index (χ3n) is 4.41. The van der Waals surface area contributed by atoms with E-state index in [1.165, 1.54) is 23.1 Å². The Hall–Kier alpha value is -2.19. The van der Waals surface area contributed by atoms with Crippen molar-refractivity contribution < 1.29 is 13.2 Å². The summed E-state index contributed by atoms with van der Waals surface area (Å²) in [5.41, 5.74) is 1.18. The van der Waals surface area contributed by atoms with Crippen LogP contribution in [0.2, 0.25) is 10.0 Å². The second-order valence-electron chi connectivity index (χ2n) is 6.25. The molecule has 0 saturated heterocycles. The molecule has 0 radical (unpaired) electrons. The number of halogens is 2. The molecule has 9 heteroatoms. The smallest absolute Gasteiger partial charge is 0.264 e. The van der Waals surface area contributed by atoms with Gasteiger partial charge in [0.1, 0.15) is 0 Å². The molecule has 0 aromatic heterocycles. The fourth-order valence-corrected chi connectivity index (χ4v) is 4.61. The standard InChI is InChI=1S/C21H18Cl2N2O3S2/c1-25(30(27,28)17-12-10-16(29-2)11-13-17)15-8-6-14(7-9-15)21(26)24-19-5-3-4-18(22)20(19)23/h3-13H,1-2H3,(H,24,26). The molecule has 3 aromatic carbocycles. The molecule has 0 spiro atoms. The lowest BCUT2D eigenvalue weighted by atomic mass is 10.2. The Morgan fingerprint density at radius 3 is 2.20 bits per heavy atom. The number of nitrogens with one attached hydrogen (secondary N) is 1. The number of amides is 1. The van der Waals surface area contributed by atoms with Gasteiger partial charge in [-0.15, -0.1) is 11.8 Å². The predicted octanol–water partition coefficient (Wildman–Crippen LogP) is 5.79. The van der Waals surface area contributed by atoms with Crippen molar-refractivity contribution in [1.29, 1.82) is 0 Å². The van der Waals surface area contributed by atoms with E-state index in [9.17, 15) is 13.2 Å². The molecular formula is C21H18Cl2N2O3S2. The van der Waals surface area contributed by atoms with Crippen molar-refractivity contribution >= 4 is 62.3 Å². The van der Waals surface area contributed by atoms with Crippen LogP contribution >= 0.6 is 35.0 Å². The summed E-state index contributed by atoms with van der Waals surface area (Å²) in [7, 11) is -2.25. The van der Waals surface area contributed by atoms with E-state index in [1.807, 2.05) is 6.26 Å². The minimum absolute atomic E-state index is 0.195. The van der Waals surface area contributed by atoms with Crippen molar-refractivity contribution in [1.82, 2.24) is 0 Å². The van der Waals surface area contributed by atoms with Gasteiger partial charge in [0.15, 0.2) is 0 Å². The number of carbonyl (C=O) groups is 1. The van der Waals surface area contributed by atoms with E-state index in [1.54, 1.807) is 66.7 Å². The Morgan fingerprint density at radius 1 is 0.967 bits per heavy atom. The number of nitrogens with zero attached hydrogens (tertiary/aromatic N) is 1. The summed E-state index contributed by atoms with van der Waals surface area (Å²) < 4.78 is 26.9. The number of benzene rings is 3. The molecule has 0 aliphatic heterocycles. The molecule has 3 aromatic rings. The molecule has 0 fully saturated rings. The fraction of sp³-hybridized carbons (Fsp3) is 0.0952. The number of thioether (sulfide) groups is 1. The van der Waals surface area contributed by atoms with Gasteiger partial charge >= 0.3 is 0 Å². The minimum atomic E-state index is -3.72. The van der Waals surface area contributed by atoms with Gasteiger partial charge in [-0.2, -0.15) is 0 Å². The number of carbonyl (C=O) groups excluding carboxylic acids is 1. The van der Waals surface area contributed by atoms with E-state index in [2.05, 4.69) is 5.32 Å². The maximum absolute atomic E-state index is 12.9. The van der Waals surface area contributed by atoms with Crippen LogP contribution in [-0.4, -0.2) is 27.6 Å². The van der Waals surface area contributed by atoms with E-state index in [0.29, 0.717) is 22.0 Å². The molecule has 30 heavy (non-hydrogen) atoms. The van der Waals surface area contributed by atoms with Crippen molar-refractivity contribution in [2.45, 2.75) is 9.79 Å². The van der Waals surface area contributed by atoms with Crippen molar-refractivity contribution in [3.63, 3.8) is 0 Å². The fourth-order valence-electron chi connectivity index (χ4n) is 2.66. The summed E-state index contributed by atoms with van der Waals surface area (Å²) in [5, 5.41) is 3.28. The molecule has 0 bridgehead atoms. The first-order chi connectivity index (χ1) is 14.2. The quantitative estimate of drug-likeness (QED) is 0.453. The predicted molar refractivity (Wildman–Crippen MR) is 125 cm³/mol. The second kappa shape index (κ2) is 9.31. The Bertz CT molecular complexity index is 1170. The van der Waals surface area contributed by atoms with E-state index in [0.717, 1.165) is 4.90 Å². The Labute approximate surface area is 190 Å². The second-order valence-corrected chi connectivity index (χ2v) is 9.88. The average molecular weight is 481 g/mol. The van der Waals surface area contributed by atoms with Crippen LogP contribution < -0.4 is 9.62 Å². The largest absolute Gasteiger partial charge is 0.321 e. The number of rotatable bonds is 6. The van der Waals surface area contributed by atoms with Crippen LogP contribution in [0.25, 0.3) is 0 Å². The van der Waals surface area contributed by atoms with Crippen molar-refractivity contribution in [3.8, 4) is 0 Å². The number of sulfonamides is 1. The van der Waals surface area contributed by atoms with Gasteiger partial charge in [-0.1, -0.05) is 29.3 Å². The first kappa shape index (κ1) is 22.5. The summed E-state index contributed by atoms with van der Waals surface area (Å²) in [5.74, 6) is -0.385. The zero-order valence-corrected chi connectivity index (χ0v) is 19.2. The van der Waals surface area contributed by atoms with Gasteiger partial charge in [0.25, 0.3) is 15.9 Å². The monoisotopic (exact) mass is 480 g/mol. The summed E-state index contributed by atoms with van der Waals surface area (Å²) in [6.07, 6.45) is 1.92. The molecule has 0 heterocycles. The van der Waals surface area contributed by atoms with Crippen molar-refractivity contribution in [2.24, 2.45) is 0 Å². The van der Waals surface area contributed by atoms with E-state index in [4.69, 9.17) is 23.2 Å². The number of hydrogen-bond donors (Lipinski definition) is 1. The van der Waals surface area contributed by atoms with Crippen LogP contribution in [-0.2, 0) is 10.0 Å². The highest BCUT2D eigenvalue weighted by molar-refractivity contribution is 7.98. The van der Waals surface area contributed by atoms with Gasteiger partial charge in [0, 0.05) is 17.5 Å². The molecule has 0 saturated carbocycles. The molecule has 0 aliphatic rings. The molecule has 0 aliphatic carbocycles. The first-order valence-corrected chi connectivity index (χ1v) is 12.1. The first-order valence-electron chi connectivity index (χ1n) is 8.72. The van der Waals surface area contributed by atoms with Crippen LogP contribution in [0.4, 0.5) is 11.4 Å². The highest BCUT2D eigenvalue weighted by atomic mass is 35.5. The topological polar surface area (TPSA) is 66.5 Å². The van der Waals surface area contributed by atoms with Gasteiger partial charge < -0.3 is 5.32 Å². The molecule has 1 N–H and O–H groups in total. The van der Waals surface area contributed by atoms with Crippen LogP contribution in [0.15, 0.2) is 76.5 Å². The van der Waals surface area contributed by atoms with Gasteiger partial charge in [0.05, 0.1) is 26.3 Å². The SMILES string of the molecule is CSc1ccc(S(=O)(=O)N(C)c2ccc(C(=O)Nc3cccc(Cl)c3Cl)cc2)cc1. The zero-order valence-electron chi connectivity index (χ0n) is 16.1. The maximum atomic E-state index is 12.9. The lowest BCUT2D eigenvalue weighted by molar-refractivity contribution is 0.102. The molecular weight excluding hydrogens is 463 g/mol. The molecule has 3 rings (SSSR count). The molecule has 1 amide bonds. The van der Waals surface area contributed by atoms with Gasteiger partial charge in [-0.05, 0) is 66.9 Å². The van der Waals surface area contributed by atoms with Gasteiger partial charge in [-0.3, -0.25) is 9.10 Å².